The number of amides is 1. The average molecular weight is 479 g/mol. The number of aromatic nitrogens is 1. The van der Waals surface area contributed by atoms with Crippen molar-refractivity contribution in [3.63, 3.8) is 0 Å². The summed E-state index contributed by atoms with van der Waals surface area (Å²) in [7, 11) is 0. The van der Waals surface area contributed by atoms with Crippen LogP contribution in [0.15, 0.2) is 48.7 Å². The summed E-state index contributed by atoms with van der Waals surface area (Å²) in [6.07, 6.45) is -1.23. The van der Waals surface area contributed by atoms with Crippen LogP contribution < -0.4 is 10.2 Å². The number of anilines is 2. The Hall–Kier alpha value is -2.71. The van der Waals surface area contributed by atoms with Crippen molar-refractivity contribution >= 4 is 39.8 Å². The molecule has 2 heterocycles. The number of hydrogen-bond acceptors (Lipinski definition) is 3. The Morgan fingerprint density at radius 1 is 1.09 bits per heavy atom. The van der Waals surface area contributed by atoms with E-state index in [4.69, 9.17) is 11.6 Å². The van der Waals surface area contributed by atoms with Gasteiger partial charge in [-0.25, -0.2) is 0 Å². The van der Waals surface area contributed by atoms with Crippen molar-refractivity contribution in [3.8, 4) is 0 Å². The summed E-state index contributed by atoms with van der Waals surface area (Å²) >= 11 is 5.63. The van der Waals surface area contributed by atoms with Crippen molar-refractivity contribution in [2.75, 3.05) is 48.8 Å². The second-order valence-corrected chi connectivity index (χ2v) is 8.57. The number of hydrogen-bond donors (Lipinski definition) is 2. The van der Waals surface area contributed by atoms with E-state index in [1.165, 1.54) is 17.7 Å². The standard InChI is InChI=1S/C24H26ClF3N4O/c25-8-6-23(33)30-19-4-5-22-21(15-19)17(16-29-22)7-9-31-10-12-32(13-11-31)20-3-1-2-18(14-20)24(26,27)28/h1-5,14-16,29H,6-13H2,(H,30,33). The molecule has 0 spiro atoms. The third-order valence-corrected chi connectivity index (χ3v) is 6.17. The molecule has 1 amide bonds. The van der Waals surface area contributed by atoms with Crippen molar-refractivity contribution in [1.29, 1.82) is 0 Å². The first-order valence-electron chi connectivity index (χ1n) is 10.9. The third-order valence-electron chi connectivity index (χ3n) is 5.98. The molecule has 0 saturated carbocycles. The van der Waals surface area contributed by atoms with Gasteiger partial charge in [0, 0.05) is 73.5 Å². The van der Waals surface area contributed by atoms with E-state index in [-0.39, 0.29) is 18.2 Å². The number of carbonyl (C=O) groups excluding carboxylic acids is 1. The van der Waals surface area contributed by atoms with Crippen molar-refractivity contribution < 1.29 is 18.0 Å². The minimum absolute atomic E-state index is 0.111. The fourth-order valence-electron chi connectivity index (χ4n) is 4.16. The largest absolute Gasteiger partial charge is 0.416 e. The predicted molar refractivity (Wildman–Crippen MR) is 126 cm³/mol. The monoisotopic (exact) mass is 478 g/mol. The van der Waals surface area contributed by atoms with Gasteiger partial charge in [-0.1, -0.05) is 6.07 Å². The summed E-state index contributed by atoms with van der Waals surface area (Å²) in [5, 5.41) is 3.94. The molecule has 4 rings (SSSR count). The highest BCUT2D eigenvalue weighted by Gasteiger charge is 2.31. The van der Waals surface area contributed by atoms with Crippen LogP contribution in [0.3, 0.4) is 0 Å². The molecule has 5 nitrogen and oxygen atoms in total. The van der Waals surface area contributed by atoms with E-state index in [1.54, 1.807) is 6.07 Å². The van der Waals surface area contributed by atoms with E-state index in [0.717, 1.165) is 48.7 Å². The Balaban J connectivity index is 1.34. The van der Waals surface area contributed by atoms with Crippen LogP contribution in [0.2, 0.25) is 0 Å². The van der Waals surface area contributed by atoms with E-state index in [1.807, 2.05) is 29.3 Å². The maximum atomic E-state index is 13.0. The SMILES string of the molecule is O=C(CCCl)Nc1ccc2[nH]cc(CCN3CCN(c4cccc(C(F)(F)F)c4)CC3)c2c1. The average Bonchev–Trinajstić information content (AvgIpc) is 3.20. The molecule has 1 aromatic heterocycles. The maximum absolute atomic E-state index is 13.0. The number of halogens is 4. The van der Waals surface area contributed by atoms with E-state index >= 15 is 0 Å². The van der Waals surface area contributed by atoms with E-state index in [9.17, 15) is 18.0 Å². The molecule has 3 aromatic rings. The second kappa shape index (κ2) is 10.1. The Morgan fingerprint density at radius 2 is 1.88 bits per heavy atom. The fraction of sp³-hybridized carbons (Fsp3) is 0.375. The molecule has 2 aromatic carbocycles. The number of piperazine rings is 1. The number of nitrogens with one attached hydrogen (secondary N) is 2. The number of alkyl halides is 4. The molecular formula is C24H26ClF3N4O. The van der Waals surface area contributed by atoms with Gasteiger partial charge in [0.05, 0.1) is 5.56 Å². The van der Waals surface area contributed by atoms with Gasteiger partial charge >= 0.3 is 6.18 Å². The molecule has 0 aliphatic carbocycles. The van der Waals surface area contributed by atoms with Gasteiger partial charge in [0.25, 0.3) is 0 Å². The maximum Gasteiger partial charge on any atom is 0.416 e. The van der Waals surface area contributed by atoms with Gasteiger partial charge in [-0.15, -0.1) is 11.6 Å². The molecule has 33 heavy (non-hydrogen) atoms. The molecule has 0 bridgehead atoms. The molecule has 1 aliphatic heterocycles. The zero-order chi connectivity index (χ0) is 23.4. The number of fused-ring (bicyclic) bond motifs is 1. The summed E-state index contributed by atoms with van der Waals surface area (Å²) in [5.74, 6) is 0.171. The van der Waals surface area contributed by atoms with Crippen molar-refractivity contribution in [2.45, 2.75) is 19.0 Å². The molecule has 1 fully saturated rings. The number of aromatic amines is 1. The lowest BCUT2D eigenvalue weighted by molar-refractivity contribution is -0.137. The molecule has 0 atom stereocenters. The highest BCUT2D eigenvalue weighted by molar-refractivity contribution is 6.19. The van der Waals surface area contributed by atoms with Crippen molar-refractivity contribution in [2.24, 2.45) is 0 Å². The Bertz CT molecular complexity index is 1110. The van der Waals surface area contributed by atoms with E-state index in [2.05, 4.69) is 15.2 Å². The zero-order valence-electron chi connectivity index (χ0n) is 18.1. The van der Waals surface area contributed by atoms with Gasteiger partial charge in [-0.3, -0.25) is 9.69 Å². The number of benzene rings is 2. The molecule has 9 heteroatoms. The van der Waals surface area contributed by atoms with E-state index < -0.39 is 11.7 Å². The van der Waals surface area contributed by atoms with Gasteiger partial charge in [-0.05, 0) is 48.4 Å². The first kappa shape index (κ1) is 23.4. The normalized spacial score (nSPS) is 15.2. The predicted octanol–water partition coefficient (Wildman–Crippen LogP) is 5.12. The lowest BCUT2D eigenvalue weighted by Crippen LogP contribution is -2.47. The van der Waals surface area contributed by atoms with E-state index in [0.29, 0.717) is 18.8 Å². The number of rotatable bonds is 7. The van der Waals surface area contributed by atoms with Crippen LogP contribution in [0.1, 0.15) is 17.5 Å². The zero-order valence-corrected chi connectivity index (χ0v) is 18.8. The van der Waals surface area contributed by atoms with Crippen LogP contribution in [0.25, 0.3) is 10.9 Å². The van der Waals surface area contributed by atoms with Crippen molar-refractivity contribution in [1.82, 2.24) is 9.88 Å². The number of nitrogens with zero attached hydrogens (tertiary/aromatic N) is 2. The topological polar surface area (TPSA) is 51.4 Å². The molecule has 176 valence electrons. The third kappa shape index (κ3) is 5.81. The van der Waals surface area contributed by atoms with Gasteiger partial charge in [-0.2, -0.15) is 13.2 Å². The van der Waals surface area contributed by atoms with Crippen LogP contribution in [0.5, 0.6) is 0 Å². The van der Waals surface area contributed by atoms with Crippen LogP contribution in [-0.4, -0.2) is 54.4 Å². The number of H-pyrrole nitrogens is 1. The smallest absolute Gasteiger partial charge is 0.369 e. The molecule has 0 unspecified atom stereocenters. The summed E-state index contributed by atoms with van der Waals surface area (Å²) in [4.78, 5) is 19.4. The highest BCUT2D eigenvalue weighted by atomic mass is 35.5. The highest BCUT2D eigenvalue weighted by Crippen LogP contribution is 2.32. The van der Waals surface area contributed by atoms with Gasteiger partial charge in [0.1, 0.15) is 0 Å². The van der Waals surface area contributed by atoms with Crippen LogP contribution in [0.4, 0.5) is 24.5 Å². The van der Waals surface area contributed by atoms with Gasteiger partial charge in [0.15, 0.2) is 0 Å². The van der Waals surface area contributed by atoms with Gasteiger partial charge in [0.2, 0.25) is 5.91 Å². The first-order chi connectivity index (χ1) is 15.8. The number of carbonyl (C=O) groups is 1. The van der Waals surface area contributed by atoms with Crippen LogP contribution in [0, 0.1) is 0 Å². The molecule has 1 aliphatic rings. The lowest BCUT2D eigenvalue weighted by atomic mass is 10.1. The molecular weight excluding hydrogens is 453 g/mol. The second-order valence-electron chi connectivity index (χ2n) is 8.19. The fourth-order valence-corrected chi connectivity index (χ4v) is 4.33. The summed E-state index contributed by atoms with van der Waals surface area (Å²) in [6, 6.07) is 11.3. The minimum atomic E-state index is -4.33. The minimum Gasteiger partial charge on any atom is -0.369 e. The summed E-state index contributed by atoms with van der Waals surface area (Å²) in [6.45, 7) is 3.81. The Labute approximate surface area is 195 Å². The molecule has 0 radical (unpaired) electrons. The Kier molecular flexibility index (Phi) is 7.14. The Morgan fingerprint density at radius 3 is 2.61 bits per heavy atom. The van der Waals surface area contributed by atoms with Crippen LogP contribution in [-0.2, 0) is 17.4 Å². The van der Waals surface area contributed by atoms with Gasteiger partial charge < -0.3 is 15.2 Å². The molecule has 1 saturated heterocycles. The van der Waals surface area contributed by atoms with Crippen molar-refractivity contribution in [3.05, 3.63) is 59.8 Å². The van der Waals surface area contributed by atoms with Crippen LogP contribution >= 0.6 is 11.6 Å². The summed E-state index contributed by atoms with van der Waals surface area (Å²) in [5.41, 5.74) is 2.92. The summed E-state index contributed by atoms with van der Waals surface area (Å²) < 4.78 is 39.0. The first-order valence-corrected chi connectivity index (χ1v) is 11.5. The molecule has 2 N–H and O–H groups in total. The quantitative estimate of drug-likeness (QED) is 0.463. The lowest BCUT2D eigenvalue weighted by Gasteiger charge is -2.36.